The Hall–Kier alpha value is -1.14. The van der Waals surface area contributed by atoms with E-state index in [1.165, 1.54) is 26.2 Å². The Bertz CT molecular complexity index is 304. The first-order valence-corrected chi connectivity index (χ1v) is 7.49. The lowest BCUT2D eigenvalue weighted by molar-refractivity contribution is -0.137. The molecule has 0 aromatic rings. The van der Waals surface area contributed by atoms with Crippen LogP contribution in [0.25, 0.3) is 0 Å². The van der Waals surface area contributed by atoms with Crippen molar-refractivity contribution in [3.05, 3.63) is 0 Å². The minimum Gasteiger partial charge on any atom is -0.481 e. The number of carbonyl (C=O) groups excluding carboxylic acids is 1. The van der Waals surface area contributed by atoms with Crippen LogP contribution in [0.2, 0.25) is 0 Å². The molecular formula is C14H27N3O3. The lowest BCUT2D eigenvalue weighted by Crippen LogP contribution is -2.41. The Kier molecular flexibility index (Phi) is 8.22. The van der Waals surface area contributed by atoms with Gasteiger partial charge in [0.05, 0.1) is 6.42 Å². The normalized spacial score (nSPS) is 16.3. The summed E-state index contributed by atoms with van der Waals surface area (Å²) in [6.07, 6.45) is 4.00. The molecule has 0 aromatic carbocycles. The zero-order valence-electron chi connectivity index (χ0n) is 12.4. The molecule has 0 radical (unpaired) electrons. The lowest BCUT2D eigenvalue weighted by Gasteiger charge is -2.29. The van der Waals surface area contributed by atoms with Gasteiger partial charge in [-0.05, 0) is 25.9 Å². The van der Waals surface area contributed by atoms with Crippen molar-refractivity contribution in [2.75, 3.05) is 45.8 Å². The van der Waals surface area contributed by atoms with E-state index >= 15 is 0 Å². The molecule has 0 bridgehead atoms. The molecular weight excluding hydrogens is 258 g/mol. The molecule has 0 spiro atoms. The van der Waals surface area contributed by atoms with Crippen molar-refractivity contribution >= 4 is 11.9 Å². The Morgan fingerprint density at radius 3 is 2.45 bits per heavy atom. The fourth-order valence-electron chi connectivity index (χ4n) is 2.45. The molecule has 116 valence electrons. The van der Waals surface area contributed by atoms with Gasteiger partial charge in [-0.3, -0.25) is 14.5 Å². The van der Waals surface area contributed by atoms with Crippen LogP contribution in [0.1, 0.15) is 32.6 Å². The van der Waals surface area contributed by atoms with Gasteiger partial charge >= 0.3 is 5.97 Å². The molecule has 1 rings (SSSR count). The molecule has 1 saturated heterocycles. The highest BCUT2D eigenvalue weighted by Gasteiger charge is 2.13. The fourth-order valence-corrected chi connectivity index (χ4v) is 2.45. The second-order valence-electron chi connectivity index (χ2n) is 5.37. The third kappa shape index (κ3) is 8.12. The number of rotatable bonds is 9. The number of carbonyl (C=O) groups is 2. The highest BCUT2D eigenvalue weighted by Crippen LogP contribution is 2.08. The van der Waals surface area contributed by atoms with E-state index < -0.39 is 5.97 Å². The van der Waals surface area contributed by atoms with Gasteiger partial charge in [0.25, 0.3) is 0 Å². The summed E-state index contributed by atoms with van der Waals surface area (Å²) in [5.41, 5.74) is 0. The number of carboxylic acids is 1. The molecule has 6 nitrogen and oxygen atoms in total. The first-order valence-electron chi connectivity index (χ1n) is 7.49. The summed E-state index contributed by atoms with van der Waals surface area (Å²) in [6, 6.07) is 0. The average molecular weight is 285 g/mol. The summed E-state index contributed by atoms with van der Waals surface area (Å²) < 4.78 is 0. The first kappa shape index (κ1) is 16.9. The van der Waals surface area contributed by atoms with Gasteiger partial charge in [-0.25, -0.2) is 0 Å². The third-order valence-corrected chi connectivity index (χ3v) is 3.63. The van der Waals surface area contributed by atoms with Crippen molar-refractivity contribution in [3.8, 4) is 0 Å². The number of aliphatic carboxylic acids is 1. The minimum atomic E-state index is -0.771. The van der Waals surface area contributed by atoms with E-state index in [4.69, 9.17) is 5.11 Å². The Labute approximate surface area is 121 Å². The van der Waals surface area contributed by atoms with Crippen LogP contribution in [0.4, 0.5) is 0 Å². The topological polar surface area (TPSA) is 72.9 Å². The second kappa shape index (κ2) is 9.72. The molecule has 1 aliphatic rings. The van der Waals surface area contributed by atoms with Crippen molar-refractivity contribution < 1.29 is 14.7 Å². The van der Waals surface area contributed by atoms with Gasteiger partial charge in [-0.15, -0.1) is 0 Å². The fraction of sp³-hybridized carbons (Fsp3) is 0.857. The first-order chi connectivity index (χ1) is 9.58. The molecule has 6 heteroatoms. The van der Waals surface area contributed by atoms with Crippen molar-refractivity contribution in [3.63, 3.8) is 0 Å². The third-order valence-electron chi connectivity index (χ3n) is 3.63. The van der Waals surface area contributed by atoms with E-state index in [9.17, 15) is 9.59 Å². The quantitative estimate of drug-likeness (QED) is 0.641. The van der Waals surface area contributed by atoms with E-state index in [1.54, 1.807) is 0 Å². The van der Waals surface area contributed by atoms with Crippen LogP contribution in [0.5, 0.6) is 0 Å². The maximum Gasteiger partial charge on any atom is 0.304 e. The molecule has 20 heavy (non-hydrogen) atoms. The molecule has 1 heterocycles. The molecule has 0 saturated carbocycles. The van der Waals surface area contributed by atoms with Gasteiger partial charge in [-0.2, -0.15) is 0 Å². The summed E-state index contributed by atoms with van der Waals surface area (Å²) in [5, 5.41) is 11.5. The number of nitrogens with zero attached hydrogens (tertiary/aromatic N) is 2. The SMILES string of the molecule is CC(=O)NCCN(CCC(=O)O)CCN1CCCCC1. The summed E-state index contributed by atoms with van der Waals surface area (Å²) in [6.45, 7) is 7.48. The number of piperidine rings is 1. The lowest BCUT2D eigenvalue weighted by atomic mass is 10.1. The summed E-state index contributed by atoms with van der Waals surface area (Å²) in [7, 11) is 0. The molecule has 0 aromatic heterocycles. The Morgan fingerprint density at radius 2 is 1.85 bits per heavy atom. The maximum absolute atomic E-state index is 10.9. The maximum atomic E-state index is 10.9. The van der Waals surface area contributed by atoms with Gasteiger partial charge in [-0.1, -0.05) is 6.42 Å². The van der Waals surface area contributed by atoms with Crippen molar-refractivity contribution in [1.82, 2.24) is 15.1 Å². The number of hydrogen-bond donors (Lipinski definition) is 2. The highest BCUT2D eigenvalue weighted by atomic mass is 16.4. The Morgan fingerprint density at radius 1 is 1.15 bits per heavy atom. The minimum absolute atomic E-state index is 0.0424. The molecule has 0 unspecified atom stereocenters. The van der Waals surface area contributed by atoms with Crippen LogP contribution in [0.15, 0.2) is 0 Å². The van der Waals surface area contributed by atoms with E-state index in [-0.39, 0.29) is 12.3 Å². The number of hydrogen-bond acceptors (Lipinski definition) is 4. The smallest absolute Gasteiger partial charge is 0.304 e. The van der Waals surface area contributed by atoms with Crippen molar-refractivity contribution in [1.29, 1.82) is 0 Å². The van der Waals surface area contributed by atoms with Crippen LogP contribution in [0.3, 0.4) is 0 Å². The van der Waals surface area contributed by atoms with E-state index in [0.29, 0.717) is 19.6 Å². The second-order valence-corrected chi connectivity index (χ2v) is 5.37. The van der Waals surface area contributed by atoms with Crippen molar-refractivity contribution in [2.24, 2.45) is 0 Å². The molecule has 2 N–H and O–H groups in total. The van der Waals surface area contributed by atoms with E-state index in [1.807, 2.05) is 0 Å². The van der Waals surface area contributed by atoms with Gasteiger partial charge in [0, 0.05) is 39.6 Å². The van der Waals surface area contributed by atoms with Crippen LogP contribution in [-0.2, 0) is 9.59 Å². The summed E-state index contributed by atoms with van der Waals surface area (Å²) in [5.74, 6) is -0.813. The van der Waals surface area contributed by atoms with Gasteiger partial charge in [0.15, 0.2) is 0 Å². The molecule has 0 atom stereocenters. The zero-order valence-corrected chi connectivity index (χ0v) is 12.4. The highest BCUT2D eigenvalue weighted by molar-refractivity contribution is 5.72. The van der Waals surface area contributed by atoms with Crippen molar-refractivity contribution in [2.45, 2.75) is 32.6 Å². The van der Waals surface area contributed by atoms with Crippen LogP contribution in [-0.4, -0.2) is 72.6 Å². The summed E-state index contributed by atoms with van der Waals surface area (Å²) in [4.78, 5) is 26.1. The summed E-state index contributed by atoms with van der Waals surface area (Å²) >= 11 is 0. The average Bonchev–Trinajstić information content (AvgIpc) is 2.42. The van der Waals surface area contributed by atoms with Gasteiger partial charge in [0.1, 0.15) is 0 Å². The standard InChI is InChI=1S/C14H27N3O3/c1-13(18)15-6-10-17(9-5-14(19)20)12-11-16-7-3-2-4-8-16/h2-12H2,1H3,(H,15,18)(H,19,20). The largest absolute Gasteiger partial charge is 0.481 e. The molecule has 1 amide bonds. The van der Waals surface area contributed by atoms with Gasteiger partial charge < -0.3 is 15.3 Å². The van der Waals surface area contributed by atoms with Crippen LogP contribution in [0, 0.1) is 0 Å². The predicted molar refractivity (Wildman–Crippen MR) is 77.7 cm³/mol. The number of likely N-dealkylation sites (tertiary alicyclic amines) is 1. The Balaban J connectivity index is 2.27. The van der Waals surface area contributed by atoms with E-state index in [0.717, 1.165) is 26.2 Å². The van der Waals surface area contributed by atoms with E-state index in [2.05, 4.69) is 15.1 Å². The zero-order chi connectivity index (χ0) is 14.8. The van der Waals surface area contributed by atoms with Crippen LogP contribution >= 0.6 is 0 Å². The number of amides is 1. The monoisotopic (exact) mass is 285 g/mol. The predicted octanol–water partition coefficient (Wildman–Crippen LogP) is 0.385. The molecule has 1 aliphatic heterocycles. The van der Waals surface area contributed by atoms with Crippen LogP contribution < -0.4 is 5.32 Å². The molecule has 0 aliphatic carbocycles. The molecule has 1 fully saturated rings. The van der Waals surface area contributed by atoms with Gasteiger partial charge in [0.2, 0.25) is 5.91 Å². The number of carboxylic acid groups (broad SMARTS) is 1. The number of nitrogens with one attached hydrogen (secondary N) is 1.